The van der Waals surface area contributed by atoms with Crippen LogP contribution < -0.4 is 15.4 Å². The minimum atomic E-state index is 0. The fourth-order valence-corrected chi connectivity index (χ4v) is 3.22. The van der Waals surface area contributed by atoms with Crippen LogP contribution in [0.4, 0.5) is 0 Å². The van der Waals surface area contributed by atoms with Crippen molar-refractivity contribution in [1.29, 1.82) is 0 Å². The molecular weight excluding hydrogens is 449 g/mol. The highest BCUT2D eigenvalue weighted by Crippen LogP contribution is 2.22. The van der Waals surface area contributed by atoms with Gasteiger partial charge >= 0.3 is 0 Å². The number of ether oxygens (including phenoxy) is 1. The average molecular weight is 475 g/mol. The fraction of sp³-hybridized carbons (Fsp3) is 0.389. The van der Waals surface area contributed by atoms with Gasteiger partial charge in [0, 0.05) is 30.6 Å². The summed E-state index contributed by atoms with van der Waals surface area (Å²) < 4.78 is 5.19. The lowest BCUT2D eigenvalue weighted by atomic mass is 10.1. The zero-order chi connectivity index (χ0) is 17.4. The van der Waals surface area contributed by atoms with Crippen LogP contribution in [0.2, 0.25) is 0 Å². The molecule has 1 unspecified atom stereocenters. The van der Waals surface area contributed by atoms with E-state index < -0.39 is 0 Å². The zero-order valence-electron chi connectivity index (χ0n) is 14.8. The van der Waals surface area contributed by atoms with Gasteiger partial charge in [0.1, 0.15) is 11.5 Å². The van der Waals surface area contributed by atoms with Gasteiger partial charge in [-0.1, -0.05) is 13.0 Å². The molecule has 0 saturated carbocycles. The number of nitrogens with zero attached hydrogens (tertiary/aromatic N) is 1. The van der Waals surface area contributed by atoms with E-state index in [1.807, 2.05) is 6.07 Å². The molecule has 2 aromatic rings. The molecular formula is C18H26IN3O2S. The Morgan fingerprint density at radius 1 is 1.32 bits per heavy atom. The van der Waals surface area contributed by atoms with Crippen LogP contribution >= 0.6 is 35.3 Å². The molecule has 1 atom stereocenters. The maximum atomic E-state index is 9.92. The molecule has 0 bridgehead atoms. The number of methoxy groups -OCH3 is 1. The van der Waals surface area contributed by atoms with Crippen molar-refractivity contribution in [2.45, 2.75) is 19.9 Å². The highest BCUT2D eigenvalue weighted by Gasteiger charge is 2.08. The van der Waals surface area contributed by atoms with Crippen LogP contribution in [0.3, 0.4) is 0 Å². The number of aliphatic imine (C=N–C) groups is 1. The van der Waals surface area contributed by atoms with Crippen LogP contribution in [0.15, 0.2) is 40.7 Å². The van der Waals surface area contributed by atoms with Gasteiger partial charge < -0.3 is 20.5 Å². The second-order valence-electron chi connectivity index (χ2n) is 5.69. The van der Waals surface area contributed by atoms with Crippen molar-refractivity contribution >= 4 is 41.3 Å². The van der Waals surface area contributed by atoms with E-state index in [0.29, 0.717) is 12.5 Å². The van der Waals surface area contributed by atoms with Gasteiger partial charge in [0.15, 0.2) is 5.96 Å². The van der Waals surface area contributed by atoms with Gasteiger partial charge in [0.2, 0.25) is 0 Å². The monoisotopic (exact) mass is 475 g/mol. The van der Waals surface area contributed by atoms with E-state index in [1.165, 1.54) is 4.88 Å². The lowest BCUT2D eigenvalue weighted by molar-refractivity contribution is 0.410. The normalized spacial score (nSPS) is 12.2. The molecule has 0 aliphatic heterocycles. The molecule has 3 N–H and O–H groups in total. The summed E-state index contributed by atoms with van der Waals surface area (Å²) in [6.07, 6.45) is 1.05. The van der Waals surface area contributed by atoms with Gasteiger partial charge in [-0.3, -0.25) is 4.99 Å². The smallest absolute Gasteiger partial charge is 0.191 e. The molecule has 0 spiro atoms. The van der Waals surface area contributed by atoms with Crippen LogP contribution in [-0.4, -0.2) is 31.8 Å². The Hall–Kier alpha value is -1.48. The van der Waals surface area contributed by atoms with Crippen LogP contribution in [-0.2, 0) is 13.0 Å². The molecule has 1 heterocycles. The molecule has 0 amide bonds. The molecule has 0 aliphatic rings. The van der Waals surface area contributed by atoms with Crippen LogP contribution in [0.25, 0.3) is 0 Å². The third kappa shape index (κ3) is 7.11. The quantitative estimate of drug-likeness (QED) is 0.325. The Morgan fingerprint density at radius 3 is 2.76 bits per heavy atom. The SMILES string of the molecule is CN=C(NCc1cc(OC)ccc1O)NCC(C)Cc1cccs1.I. The molecule has 0 aliphatic carbocycles. The fourth-order valence-electron chi connectivity index (χ4n) is 2.35. The summed E-state index contributed by atoms with van der Waals surface area (Å²) in [6, 6.07) is 9.43. The van der Waals surface area contributed by atoms with Gasteiger partial charge in [-0.05, 0) is 42.0 Å². The molecule has 1 aromatic heterocycles. The summed E-state index contributed by atoms with van der Waals surface area (Å²) in [4.78, 5) is 5.63. The Kier molecular flexibility index (Phi) is 9.66. The van der Waals surface area contributed by atoms with Gasteiger partial charge in [0.25, 0.3) is 0 Å². The standard InChI is InChI=1S/C18H25N3O2S.HI/c1-13(9-16-5-4-8-24-16)11-20-18(19-2)21-12-14-10-15(23-3)6-7-17(14)22;/h4-8,10,13,22H,9,11-12H2,1-3H3,(H2,19,20,21);1H. The molecule has 5 nitrogen and oxygen atoms in total. The maximum absolute atomic E-state index is 9.92. The number of aromatic hydroxyl groups is 1. The third-order valence-electron chi connectivity index (χ3n) is 3.70. The highest BCUT2D eigenvalue weighted by atomic mass is 127. The van der Waals surface area contributed by atoms with Crippen molar-refractivity contribution < 1.29 is 9.84 Å². The zero-order valence-corrected chi connectivity index (χ0v) is 17.9. The summed E-state index contributed by atoms with van der Waals surface area (Å²) in [5.41, 5.74) is 0.768. The number of guanidine groups is 1. The average Bonchev–Trinajstić information content (AvgIpc) is 3.09. The Labute approximate surface area is 170 Å². The highest BCUT2D eigenvalue weighted by molar-refractivity contribution is 14.0. The summed E-state index contributed by atoms with van der Waals surface area (Å²) in [5.74, 6) is 2.18. The summed E-state index contributed by atoms with van der Waals surface area (Å²) in [7, 11) is 3.35. The van der Waals surface area contributed by atoms with E-state index >= 15 is 0 Å². The van der Waals surface area contributed by atoms with Crippen LogP contribution in [0.5, 0.6) is 11.5 Å². The van der Waals surface area contributed by atoms with Crippen molar-refractivity contribution in [3.63, 3.8) is 0 Å². The van der Waals surface area contributed by atoms with E-state index in [0.717, 1.165) is 30.2 Å². The van der Waals surface area contributed by atoms with Gasteiger partial charge in [-0.2, -0.15) is 0 Å². The van der Waals surface area contributed by atoms with Gasteiger partial charge in [0.05, 0.1) is 7.11 Å². The molecule has 0 radical (unpaired) electrons. The predicted octanol–water partition coefficient (Wildman–Crippen LogP) is 3.62. The van der Waals surface area contributed by atoms with E-state index in [2.05, 4.69) is 40.1 Å². The predicted molar refractivity (Wildman–Crippen MR) is 115 cm³/mol. The first-order chi connectivity index (χ1) is 11.6. The van der Waals surface area contributed by atoms with E-state index in [9.17, 15) is 5.11 Å². The van der Waals surface area contributed by atoms with Crippen LogP contribution in [0.1, 0.15) is 17.4 Å². The number of benzene rings is 1. The maximum Gasteiger partial charge on any atom is 0.191 e. The van der Waals surface area contributed by atoms with Crippen molar-refractivity contribution in [3.8, 4) is 11.5 Å². The van der Waals surface area contributed by atoms with Crippen molar-refractivity contribution in [1.82, 2.24) is 10.6 Å². The minimum Gasteiger partial charge on any atom is -0.508 e. The molecule has 25 heavy (non-hydrogen) atoms. The first kappa shape index (κ1) is 21.6. The molecule has 138 valence electrons. The summed E-state index contributed by atoms with van der Waals surface area (Å²) in [5, 5.41) is 18.6. The topological polar surface area (TPSA) is 65.9 Å². The Bertz CT molecular complexity index is 662. The Balaban J connectivity index is 0.00000312. The first-order valence-electron chi connectivity index (χ1n) is 7.95. The second kappa shape index (κ2) is 11.2. The second-order valence-corrected chi connectivity index (χ2v) is 6.72. The number of hydrogen-bond acceptors (Lipinski definition) is 4. The van der Waals surface area contributed by atoms with Gasteiger partial charge in [-0.25, -0.2) is 0 Å². The largest absolute Gasteiger partial charge is 0.508 e. The number of rotatable bonds is 7. The third-order valence-corrected chi connectivity index (χ3v) is 4.60. The molecule has 0 saturated heterocycles. The lowest BCUT2D eigenvalue weighted by Gasteiger charge is -2.16. The van der Waals surface area contributed by atoms with Gasteiger partial charge in [-0.15, -0.1) is 35.3 Å². The number of phenolic OH excluding ortho intramolecular Hbond substituents is 1. The number of phenols is 1. The van der Waals surface area contributed by atoms with E-state index in [-0.39, 0.29) is 29.7 Å². The van der Waals surface area contributed by atoms with E-state index in [4.69, 9.17) is 4.74 Å². The van der Waals surface area contributed by atoms with Crippen molar-refractivity contribution in [2.75, 3.05) is 20.7 Å². The van der Waals surface area contributed by atoms with Crippen LogP contribution in [0, 0.1) is 5.92 Å². The number of halogens is 1. The number of hydrogen-bond donors (Lipinski definition) is 3. The Morgan fingerprint density at radius 2 is 2.12 bits per heavy atom. The molecule has 0 fully saturated rings. The van der Waals surface area contributed by atoms with Crippen molar-refractivity contribution in [2.24, 2.45) is 10.9 Å². The minimum absolute atomic E-state index is 0. The molecule has 7 heteroatoms. The lowest BCUT2D eigenvalue weighted by Crippen LogP contribution is -2.39. The van der Waals surface area contributed by atoms with Crippen molar-refractivity contribution in [3.05, 3.63) is 46.2 Å². The summed E-state index contributed by atoms with van der Waals surface area (Å²) >= 11 is 1.79. The summed E-state index contributed by atoms with van der Waals surface area (Å²) in [6.45, 7) is 3.53. The molecule has 1 aromatic carbocycles. The number of nitrogens with one attached hydrogen (secondary N) is 2. The first-order valence-corrected chi connectivity index (χ1v) is 8.83. The molecule has 2 rings (SSSR count). The van der Waals surface area contributed by atoms with E-state index in [1.54, 1.807) is 37.6 Å². The number of thiophene rings is 1.